The lowest BCUT2D eigenvalue weighted by atomic mass is 10.1. The van der Waals surface area contributed by atoms with Gasteiger partial charge in [0, 0.05) is 6.42 Å². The molecule has 0 atom stereocenters. The molecule has 0 radical (unpaired) electrons. The number of amidine groups is 1. The zero-order valence-corrected chi connectivity index (χ0v) is 8.70. The molecule has 0 saturated heterocycles. The minimum atomic E-state index is 0.196. The molecular weight excluding hydrogens is 188 g/mol. The normalized spacial score (nSPS) is 14.9. The highest BCUT2D eigenvalue weighted by Crippen LogP contribution is 2.29. The molecule has 0 aliphatic heterocycles. The Hall–Kier alpha value is -1.51. The highest BCUT2D eigenvalue weighted by atomic mass is 16.5. The van der Waals surface area contributed by atoms with Crippen molar-refractivity contribution in [3.63, 3.8) is 0 Å². The maximum atomic E-state index is 7.18. The second-order valence-electron chi connectivity index (χ2n) is 4.10. The first-order valence-corrected chi connectivity index (χ1v) is 5.28. The third-order valence-electron chi connectivity index (χ3n) is 2.50. The summed E-state index contributed by atoms with van der Waals surface area (Å²) in [6, 6.07) is 7.81. The Balaban J connectivity index is 1.87. The fraction of sp³-hybridized carbons (Fsp3) is 0.417. The minimum absolute atomic E-state index is 0.196. The summed E-state index contributed by atoms with van der Waals surface area (Å²) in [7, 11) is 0. The molecule has 0 aromatic heterocycles. The molecule has 15 heavy (non-hydrogen) atoms. The van der Waals surface area contributed by atoms with Gasteiger partial charge in [-0.2, -0.15) is 0 Å². The van der Waals surface area contributed by atoms with Gasteiger partial charge in [-0.25, -0.2) is 0 Å². The maximum Gasteiger partial charge on any atom is 0.119 e. The zero-order chi connectivity index (χ0) is 10.7. The molecular formula is C12H16N2O. The van der Waals surface area contributed by atoms with E-state index in [1.807, 2.05) is 24.3 Å². The van der Waals surface area contributed by atoms with Crippen LogP contribution in [0.15, 0.2) is 24.3 Å². The summed E-state index contributed by atoms with van der Waals surface area (Å²) in [6.07, 6.45) is 3.13. The zero-order valence-electron chi connectivity index (χ0n) is 8.70. The van der Waals surface area contributed by atoms with Gasteiger partial charge in [-0.3, -0.25) is 5.41 Å². The molecule has 0 amide bonds. The van der Waals surface area contributed by atoms with Crippen LogP contribution in [0.2, 0.25) is 0 Å². The van der Waals surface area contributed by atoms with Gasteiger partial charge < -0.3 is 10.5 Å². The van der Waals surface area contributed by atoms with Crippen molar-refractivity contribution >= 4 is 5.84 Å². The average molecular weight is 204 g/mol. The third kappa shape index (κ3) is 3.27. The molecule has 3 N–H and O–H groups in total. The van der Waals surface area contributed by atoms with E-state index < -0.39 is 0 Å². The number of hydrogen-bond acceptors (Lipinski definition) is 2. The molecule has 3 nitrogen and oxygen atoms in total. The van der Waals surface area contributed by atoms with Crippen LogP contribution in [0.25, 0.3) is 0 Å². The molecule has 3 heteroatoms. The van der Waals surface area contributed by atoms with Crippen molar-refractivity contribution in [3.8, 4) is 5.75 Å². The Morgan fingerprint density at radius 1 is 1.33 bits per heavy atom. The summed E-state index contributed by atoms with van der Waals surface area (Å²) in [5.74, 6) is 1.89. The Morgan fingerprint density at radius 3 is 2.53 bits per heavy atom. The largest absolute Gasteiger partial charge is 0.493 e. The van der Waals surface area contributed by atoms with Crippen molar-refractivity contribution in [2.75, 3.05) is 6.61 Å². The lowest BCUT2D eigenvalue weighted by molar-refractivity contribution is 0.299. The Kier molecular flexibility index (Phi) is 2.90. The standard InChI is InChI=1S/C12H16N2O/c13-12(14)7-9-3-5-11(6-4-9)15-8-10-1-2-10/h3-6,10H,1-2,7-8H2,(H3,13,14). The third-order valence-corrected chi connectivity index (χ3v) is 2.50. The lowest BCUT2D eigenvalue weighted by Gasteiger charge is -2.05. The summed E-state index contributed by atoms with van der Waals surface area (Å²) in [6.45, 7) is 0.839. The van der Waals surface area contributed by atoms with Gasteiger partial charge in [-0.15, -0.1) is 0 Å². The molecule has 1 saturated carbocycles. The average Bonchev–Trinajstić information content (AvgIpc) is 2.99. The molecule has 80 valence electrons. The van der Waals surface area contributed by atoms with Gasteiger partial charge in [0.1, 0.15) is 5.75 Å². The van der Waals surface area contributed by atoms with Crippen molar-refractivity contribution < 1.29 is 4.74 Å². The van der Waals surface area contributed by atoms with Gasteiger partial charge in [0.15, 0.2) is 0 Å². The number of benzene rings is 1. The number of hydrogen-bond donors (Lipinski definition) is 2. The second kappa shape index (κ2) is 4.34. The van der Waals surface area contributed by atoms with Crippen LogP contribution in [-0.4, -0.2) is 12.4 Å². The fourth-order valence-electron chi connectivity index (χ4n) is 1.42. The molecule has 0 bridgehead atoms. The molecule has 0 heterocycles. The first kappa shape index (κ1) is 10.0. The van der Waals surface area contributed by atoms with Crippen molar-refractivity contribution in [3.05, 3.63) is 29.8 Å². The Morgan fingerprint density at radius 2 is 2.00 bits per heavy atom. The summed E-state index contributed by atoms with van der Waals surface area (Å²) >= 11 is 0. The molecule has 0 unspecified atom stereocenters. The van der Waals surface area contributed by atoms with Crippen LogP contribution in [0.3, 0.4) is 0 Å². The maximum absolute atomic E-state index is 7.18. The highest BCUT2D eigenvalue weighted by molar-refractivity contribution is 5.79. The molecule has 1 aromatic rings. The van der Waals surface area contributed by atoms with E-state index in [2.05, 4.69) is 0 Å². The number of nitrogens with one attached hydrogen (secondary N) is 1. The van der Waals surface area contributed by atoms with Gasteiger partial charge in [0.25, 0.3) is 0 Å². The summed E-state index contributed by atoms with van der Waals surface area (Å²) in [5.41, 5.74) is 6.38. The molecule has 0 spiro atoms. The van der Waals surface area contributed by atoms with Crippen molar-refractivity contribution in [1.29, 1.82) is 5.41 Å². The van der Waals surface area contributed by atoms with E-state index in [1.54, 1.807) is 0 Å². The van der Waals surface area contributed by atoms with Crippen LogP contribution in [0.5, 0.6) is 5.75 Å². The lowest BCUT2D eigenvalue weighted by Crippen LogP contribution is -2.12. The molecule has 1 aromatic carbocycles. The van der Waals surface area contributed by atoms with Crippen LogP contribution < -0.4 is 10.5 Å². The quantitative estimate of drug-likeness (QED) is 0.569. The van der Waals surface area contributed by atoms with Crippen molar-refractivity contribution in [1.82, 2.24) is 0 Å². The summed E-state index contributed by atoms with van der Waals surface area (Å²) < 4.78 is 5.60. The van der Waals surface area contributed by atoms with Gasteiger partial charge in [0.2, 0.25) is 0 Å². The molecule has 2 rings (SSSR count). The highest BCUT2D eigenvalue weighted by Gasteiger charge is 2.21. The van der Waals surface area contributed by atoms with E-state index in [0.717, 1.165) is 23.8 Å². The summed E-state index contributed by atoms with van der Waals surface area (Å²) in [4.78, 5) is 0. The monoisotopic (exact) mass is 204 g/mol. The van der Waals surface area contributed by atoms with E-state index in [9.17, 15) is 0 Å². The minimum Gasteiger partial charge on any atom is -0.493 e. The number of nitrogens with two attached hydrogens (primary N) is 1. The first-order chi connectivity index (χ1) is 7.24. The summed E-state index contributed by atoms with van der Waals surface area (Å²) in [5, 5.41) is 7.18. The second-order valence-corrected chi connectivity index (χ2v) is 4.10. The van der Waals surface area contributed by atoms with E-state index in [0.29, 0.717) is 6.42 Å². The van der Waals surface area contributed by atoms with E-state index >= 15 is 0 Å². The first-order valence-electron chi connectivity index (χ1n) is 5.28. The SMILES string of the molecule is N=C(N)Cc1ccc(OCC2CC2)cc1. The van der Waals surface area contributed by atoms with E-state index in [4.69, 9.17) is 15.9 Å². The Bertz CT molecular complexity index is 341. The van der Waals surface area contributed by atoms with Crippen molar-refractivity contribution in [2.45, 2.75) is 19.3 Å². The number of ether oxygens (including phenoxy) is 1. The van der Waals surface area contributed by atoms with Crippen molar-refractivity contribution in [2.24, 2.45) is 11.7 Å². The van der Waals surface area contributed by atoms with Gasteiger partial charge >= 0.3 is 0 Å². The van der Waals surface area contributed by atoms with E-state index in [-0.39, 0.29) is 5.84 Å². The Labute approximate surface area is 89.8 Å². The van der Waals surface area contributed by atoms with Crippen LogP contribution in [0.1, 0.15) is 18.4 Å². The van der Waals surface area contributed by atoms with Gasteiger partial charge in [-0.1, -0.05) is 12.1 Å². The topological polar surface area (TPSA) is 59.1 Å². The molecule has 1 fully saturated rings. The predicted molar refractivity (Wildman–Crippen MR) is 60.3 cm³/mol. The van der Waals surface area contributed by atoms with Crippen LogP contribution in [-0.2, 0) is 6.42 Å². The number of rotatable bonds is 5. The van der Waals surface area contributed by atoms with Gasteiger partial charge in [-0.05, 0) is 36.5 Å². The fourth-order valence-corrected chi connectivity index (χ4v) is 1.42. The van der Waals surface area contributed by atoms with Crippen LogP contribution in [0.4, 0.5) is 0 Å². The molecule has 1 aliphatic carbocycles. The predicted octanol–water partition coefficient (Wildman–Crippen LogP) is 1.95. The van der Waals surface area contributed by atoms with E-state index in [1.165, 1.54) is 12.8 Å². The van der Waals surface area contributed by atoms with Crippen LogP contribution in [0, 0.1) is 11.3 Å². The van der Waals surface area contributed by atoms with Crippen LogP contribution >= 0.6 is 0 Å². The van der Waals surface area contributed by atoms with Gasteiger partial charge in [0.05, 0.1) is 12.4 Å². The smallest absolute Gasteiger partial charge is 0.119 e. The molecule has 1 aliphatic rings.